The summed E-state index contributed by atoms with van der Waals surface area (Å²) in [7, 11) is 0. The number of hydrogen-bond acceptors (Lipinski definition) is 4. The highest BCUT2D eigenvalue weighted by molar-refractivity contribution is 5.13. The second-order valence-electron chi connectivity index (χ2n) is 4.41. The summed E-state index contributed by atoms with van der Waals surface area (Å²) in [5.41, 5.74) is 7.15. The molecule has 16 heavy (non-hydrogen) atoms. The summed E-state index contributed by atoms with van der Waals surface area (Å²) < 4.78 is 0. The third kappa shape index (κ3) is 2.57. The summed E-state index contributed by atoms with van der Waals surface area (Å²) in [5.74, 6) is 1.38. The van der Waals surface area contributed by atoms with Crippen molar-refractivity contribution in [3.05, 3.63) is 23.8 Å². The molecule has 1 unspecified atom stereocenters. The Labute approximate surface area is 96.7 Å². The Balaban J connectivity index is 2.06. The molecule has 3 N–H and O–H groups in total. The molecule has 0 saturated carbocycles. The van der Waals surface area contributed by atoms with E-state index < -0.39 is 0 Å². The first-order valence-electron chi connectivity index (χ1n) is 6.09. The molecule has 2 heterocycles. The Morgan fingerprint density at radius 2 is 2.00 bits per heavy atom. The highest BCUT2D eigenvalue weighted by Crippen LogP contribution is 2.24. The average molecular weight is 220 g/mol. The van der Waals surface area contributed by atoms with E-state index in [1.807, 2.05) is 12.4 Å². The van der Waals surface area contributed by atoms with E-state index in [9.17, 15) is 0 Å². The van der Waals surface area contributed by atoms with Gasteiger partial charge in [-0.1, -0.05) is 6.92 Å². The molecule has 1 atom stereocenters. The maximum atomic E-state index is 5.89. The fourth-order valence-corrected chi connectivity index (χ4v) is 2.09. The molecule has 0 aliphatic carbocycles. The largest absolute Gasteiger partial charge is 0.321 e. The van der Waals surface area contributed by atoms with Gasteiger partial charge in [-0.25, -0.2) is 9.97 Å². The summed E-state index contributed by atoms with van der Waals surface area (Å²) >= 11 is 0. The van der Waals surface area contributed by atoms with Crippen LogP contribution in [-0.4, -0.2) is 23.1 Å². The Bertz CT molecular complexity index is 316. The summed E-state index contributed by atoms with van der Waals surface area (Å²) in [5, 5.41) is 3.36. The van der Waals surface area contributed by atoms with Crippen molar-refractivity contribution in [2.75, 3.05) is 13.1 Å². The fourth-order valence-electron chi connectivity index (χ4n) is 2.09. The lowest BCUT2D eigenvalue weighted by molar-refractivity contribution is 0.458. The maximum absolute atomic E-state index is 5.89. The molecular weight excluding hydrogens is 200 g/mol. The van der Waals surface area contributed by atoms with Gasteiger partial charge in [-0.2, -0.15) is 0 Å². The molecule has 0 radical (unpaired) electrons. The van der Waals surface area contributed by atoms with Crippen LogP contribution in [0.3, 0.4) is 0 Å². The SMILES string of the molecule is CCC(N)c1ncc(C2CCNCC2)cn1. The Morgan fingerprint density at radius 1 is 1.38 bits per heavy atom. The van der Waals surface area contributed by atoms with Gasteiger partial charge in [0.1, 0.15) is 5.82 Å². The lowest BCUT2D eigenvalue weighted by Crippen LogP contribution is -2.26. The lowest BCUT2D eigenvalue weighted by Gasteiger charge is -2.22. The monoisotopic (exact) mass is 220 g/mol. The predicted molar refractivity (Wildman–Crippen MR) is 64.1 cm³/mol. The summed E-state index contributed by atoms with van der Waals surface area (Å²) in [6.45, 7) is 4.25. The van der Waals surface area contributed by atoms with Crippen molar-refractivity contribution in [1.82, 2.24) is 15.3 Å². The van der Waals surface area contributed by atoms with E-state index in [0.717, 1.165) is 25.3 Å². The number of nitrogens with two attached hydrogens (primary N) is 1. The Kier molecular flexibility index (Phi) is 3.85. The fraction of sp³-hybridized carbons (Fsp3) is 0.667. The van der Waals surface area contributed by atoms with Crippen LogP contribution in [0.5, 0.6) is 0 Å². The van der Waals surface area contributed by atoms with Crippen molar-refractivity contribution in [2.24, 2.45) is 5.73 Å². The van der Waals surface area contributed by atoms with Gasteiger partial charge in [0.25, 0.3) is 0 Å². The van der Waals surface area contributed by atoms with Crippen molar-refractivity contribution < 1.29 is 0 Å². The van der Waals surface area contributed by atoms with Gasteiger partial charge in [0.05, 0.1) is 6.04 Å². The minimum Gasteiger partial charge on any atom is -0.321 e. The number of aromatic nitrogens is 2. The highest BCUT2D eigenvalue weighted by Gasteiger charge is 2.16. The van der Waals surface area contributed by atoms with Gasteiger partial charge in [-0.05, 0) is 43.8 Å². The van der Waals surface area contributed by atoms with Gasteiger partial charge in [0.2, 0.25) is 0 Å². The molecule has 1 saturated heterocycles. The molecule has 1 aromatic heterocycles. The van der Waals surface area contributed by atoms with E-state index in [0.29, 0.717) is 5.92 Å². The summed E-state index contributed by atoms with van der Waals surface area (Å²) in [6.07, 6.45) is 7.15. The molecule has 0 bridgehead atoms. The molecule has 0 amide bonds. The van der Waals surface area contributed by atoms with Gasteiger partial charge >= 0.3 is 0 Å². The standard InChI is InChI=1S/C12H20N4/c1-2-11(13)12-15-7-10(8-16-12)9-3-5-14-6-4-9/h7-9,11,14H,2-6,13H2,1H3. The number of rotatable bonds is 3. The van der Waals surface area contributed by atoms with Crippen molar-refractivity contribution in [3.8, 4) is 0 Å². The first kappa shape index (κ1) is 11.5. The lowest BCUT2D eigenvalue weighted by atomic mass is 9.92. The molecule has 1 aromatic rings. The van der Waals surface area contributed by atoms with E-state index in [1.165, 1.54) is 18.4 Å². The smallest absolute Gasteiger partial charge is 0.144 e. The zero-order chi connectivity index (χ0) is 11.4. The van der Waals surface area contributed by atoms with Crippen molar-refractivity contribution in [3.63, 3.8) is 0 Å². The van der Waals surface area contributed by atoms with E-state index in [-0.39, 0.29) is 6.04 Å². The van der Waals surface area contributed by atoms with E-state index in [4.69, 9.17) is 5.73 Å². The molecule has 1 aliphatic heterocycles. The molecular formula is C12H20N4. The van der Waals surface area contributed by atoms with Crippen molar-refractivity contribution in [2.45, 2.75) is 38.1 Å². The van der Waals surface area contributed by atoms with Crippen LogP contribution in [0.25, 0.3) is 0 Å². The second kappa shape index (κ2) is 5.37. The molecule has 1 fully saturated rings. The highest BCUT2D eigenvalue weighted by atomic mass is 14.9. The number of piperidine rings is 1. The molecule has 4 heteroatoms. The van der Waals surface area contributed by atoms with Gasteiger partial charge < -0.3 is 11.1 Å². The van der Waals surface area contributed by atoms with E-state index in [2.05, 4.69) is 22.2 Å². The van der Waals surface area contributed by atoms with Gasteiger partial charge in [-0.15, -0.1) is 0 Å². The number of nitrogens with zero attached hydrogens (tertiary/aromatic N) is 2. The van der Waals surface area contributed by atoms with E-state index >= 15 is 0 Å². The number of hydrogen-bond donors (Lipinski definition) is 2. The normalized spacial score (nSPS) is 19.6. The van der Waals surface area contributed by atoms with Crippen LogP contribution in [0.2, 0.25) is 0 Å². The molecule has 4 nitrogen and oxygen atoms in total. The average Bonchev–Trinajstić information content (AvgIpc) is 2.39. The topological polar surface area (TPSA) is 63.8 Å². The van der Waals surface area contributed by atoms with Crippen LogP contribution in [-0.2, 0) is 0 Å². The minimum absolute atomic E-state index is 0.0259. The third-order valence-electron chi connectivity index (χ3n) is 3.27. The minimum atomic E-state index is -0.0259. The Hall–Kier alpha value is -1.00. The molecule has 2 rings (SSSR count). The van der Waals surface area contributed by atoms with Crippen LogP contribution < -0.4 is 11.1 Å². The van der Waals surface area contributed by atoms with Gasteiger partial charge in [0.15, 0.2) is 0 Å². The molecule has 0 spiro atoms. The summed E-state index contributed by atoms with van der Waals surface area (Å²) in [6, 6.07) is -0.0259. The number of nitrogens with one attached hydrogen (secondary N) is 1. The first-order chi connectivity index (χ1) is 7.81. The summed E-state index contributed by atoms with van der Waals surface area (Å²) in [4.78, 5) is 8.74. The third-order valence-corrected chi connectivity index (χ3v) is 3.27. The van der Waals surface area contributed by atoms with Crippen molar-refractivity contribution >= 4 is 0 Å². The zero-order valence-corrected chi connectivity index (χ0v) is 9.82. The predicted octanol–water partition coefficient (Wildman–Crippen LogP) is 1.35. The zero-order valence-electron chi connectivity index (χ0n) is 9.82. The Morgan fingerprint density at radius 3 is 2.56 bits per heavy atom. The van der Waals surface area contributed by atoms with Crippen LogP contribution in [0.1, 0.15) is 49.5 Å². The van der Waals surface area contributed by atoms with Gasteiger partial charge in [-0.3, -0.25) is 0 Å². The van der Waals surface area contributed by atoms with Crippen LogP contribution in [0.15, 0.2) is 12.4 Å². The van der Waals surface area contributed by atoms with Crippen LogP contribution in [0.4, 0.5) is 0 Å². The van der Waals surface area contributed by atoms with Crippen LogP contribution >= 0.6 is 0 Å². The van der Waals surface area contributed by atoms with Crippen LogP contribution in [0, 0.1) is 0 Å². The first-order valence-corrected chi connectivity index (χ1v) is 6.09. The van der Waals surface area contributed by atoms with E-state index in [1.54, 1.807) is 0 Å². The van der Waals surface area contributed by atoms with Crippen molar-refractivity contribution in [1.29, 1.82) is 0 Å². The molecule has 0 aromatic carbocycles. The molecule has 1 aliphatic rings. The van der Waals surface area contributed by atoms with Gasteiger partial charge in [0, 0.05) is 12.4 Å². The second-order valence-corrected chi connectivity index (χ2v) is 4.41. The quantitative estimate of drug-likeness (QED) is 0.807. The maximum Gasteiger partial charge on any atom is 0.144 e. The molecule has 88 valence electrons.